The van der Waals surface area contributed by atoms with Crippen molar-refractivity contribution in [3.63, 3.8) is 0 Å². The van der Waals surface area contributed by atoms with Crippen LogP contribution in [0.5, 0.6) is 0 Å². The molecule has 0 saturated carbocycles. The van der Waals surface area contributed by atoms with Crippen molar-refractivity contribution in [2.75, 3.05) is 28.3 Å². The Hall–Kier alpha value is -6.42. The zero-order chi connectivity index (χ0) is 52.8. The second kappa shape index (κ2) is 26.4. The van der Waals surface area contributed by atoms with E-state index in [-0.39, 0.29) is 12.8 Å². The summed E-state index contributed by atoms with van der Waals surface area (Å²) in [6.45, 7) is 17.9. The van der Waals surface area contributed by atoms with Crippen LogP contribution in [0, 0.1) is 11.8 Å². The SMILES string of the molecule is C=C1C(=O)NC(C)C(=O)N(C)C(C)C(=O)NC(C(OC(=O)C(NC(=O)CC)C(O)C(C)C)C(C)C)C(=O)N(C)C(C(C)OC)C(=O)OC(C)C(NC(C)=O)C(=O)OC(Cc2ccccc2)C(=O)N1C. The number of ether oxygens (including phenoxy) is 4. The van der Waals surface area contributed by atoms with Gasteiger partial charge in [0, 0.05) is 48.0 Å². The van der Waals surface area contributed by atoms with Gasteiger partial charge in [-0.15, -0.1) is 0 Å². The van der Waals surface area contributed by atoms with Gasteiger partial charge in [-0.2, -0.15) is 0 Å². The molecule has 1 aromatic rings. The lowest BCUT2D eigenvalue weighted by Gasteiger charge is -2.38. The highest BCUT2D eigenvalue weighted by Gasteiger charge is 2.46. The van der Waals surface area contributed by atoms with E-state index in [0.29, 0.717) is 5.56 Å². The fraction of sp³-hybridized carbons (Fsp3) is 0.617. The highest BCUT2D eigenvalue weighted by Crippen LogP contribution is 2.22. The molecule has 22 nitrogen and oxygen atoms in total. The number of benzene rings is 1. The number of carbonyl (C=O) groups excluding carboxylic acids is 10. The molecule has 5 N–H and O–H groups in total. The summed E-state index contributed by atoms with van der Waals surface area (Å²) in [6.07, 6.45) is -7.74. The highest BCUT2D eigenvalue weighted by molar-refractivity contribution is 6.01. The van der Waals surface area contributed by atoms with E-state index < -0.39 is 144 Å². The number of rotatable bonds is 13. The van der Waals surface area contributed by atoms with E-state index in [1.165, 1.54) is 62.9 Å². The van der Waals surface area contributed by atoms with Gasteiger partial charge < -0.3 is 60.0 Å². The van der Waals surface area contributed by atoms with E-state index in [9.17, 15) is 53.1 Å². The predicted octanol–water partition coefficient (Wildman–Crippen LogP) is -0.259. The predicted molar refractivity (Wildman–Crippen MR) is 248 cm³/mol. The van der Waals surface area contributed by atoms with Gasteiger partial charge in [0.15, 0.2) is 24.2 Å². The molecule has 1 aromatic carbocycles. The molecule has 1 saturated heterocycles. The molecule has 0 bridgehead atoms. The first kappa shape index (κ1) is 58.7. The third kappa shape index (κ3) is 15.8. The Kier molecular flexibility index (Phi) is 22.4. The summed E-state index contributed by atoms with van der Waals surface area (Å²) in [5.41, 5.74) is 0.0538. The van der Waals surface area contributed by atoms with Crippen LogP contribution in [0.4, 0.5) is 0 Å². The molecule has 69 heavy (non-hydrogen) atoms. The van der Waals surface area contributed by atoms with Gasteiger partial charge in [-0.3, -0.25) is 33.6 Å². The third-order valence-corrected chi connectivity index (χ3v) is 11.7. The van der Waals surface area contributed by atoms with Crippen LogP contribution in [0.1, 0.15) is 81.2 Å². The van der Waals surface area contributed by atoms with Gasteiger partial charge in [0.25, 0.3) is 11.8 Å². The average molecular weight is 974 g/mol. The molecule has 0 aromatic heterocycles. The molecule has 11 unspecified atom stereocenters. The minimum absolute atomic E-state index is 0.0582. The smallest absolute Gasteiger partial charge is 0.333 e. The standard InChI is InChI=1S/C47H71N7O15/c1-16-33(56)50-35(38(57)23(2)3)46(64)69-39(24(4)5)36-44(62)54(14)37(29(10)66-15)47(65)67-28(9)34(49-30(11)55)45(63)68-32(22-31-20-18-17-19-21-31)43(61)53(13)26(7)40(58)48-25(6)42(60)52(12)27(8)41(59)51-36/h17-21,23-25,27-29,32,34-39,57H,7,16,22H2,1-6,8-15H3,(H,48,58)(H,49,55)(H,50,56)(H,51,59). The fourth-order valence-corrected chi connectivity index (χ4v) is 7.09. The number of aliphatic hydroxyl groups excluding tert-OH is 1. The Morgan fingerprint density at radius 3 is 1.96 bits per heavy atom. The van der Waals surface area contributed by atoms with Crippen molar-refractivity contribution in [2.45, 2.75) is 149 Å². The van der Waals surface area contributed by atoms with Gasteiger partial charge in [-0.05, 0) is 45.1 Å². The molecule has 384 valence electrons. The van der Waals surface area contributed by atoms with Gasteiger partial charge in [0.1, 0.15) is 36.0 Å². The molecule has 7 amide bonds. The van der Waals surface area contributed by atoms with Crippen LogP contribution >= 0.6 is 0 Å². The molecular weight excluding hydrogens is 903 g/mol. The van der Waals surface area contributed by atoms with E-state index >= 15 is 0 Å². The lowest BCUT2D eigenvalue weighted by atomic mass is 9.95. The lowest BCUT2D eigenvalue weighted by Crippen LogP contribution is -2.63. The number of nitrogens with zero attached hydrogens (tertiary/aromatic N) is 3. The summed E-state index contributed by atoms with van der Waals surface area (Å²) in [7, 11) is 4.84. The Bertz CT molecular complexity index is 2050. The maximum Gasteiger partial charge on any atom is 0.333 e. The largest absolute Gasteiger partial charge is 0.458 e. The average Bonchev–Trinajstić information content (AvgIpc) is 3.30. The van der Waals surface area contributed by atoms with Crippen LogP contribution < -0.4 is 21.3 Å². The Morgan fingerprint density at radius 1 is 0.841 bits per heavy atom. The Labute approximate surface area is 403 Å². The van der Waals surface area contributed by atoms with Gasteiger partial charge in [0.05, 0.1) is 12.2 Å². The molecule has 2 rings (SSSR count). The van der Waals surface area contributed by atoms with Crippen LogP contribution in [-0.4, -0.2) is 174 Å². The van der Waals surface area contributed by atoms with Crippen LogP contribution in [0.15, 0.2) is 42.6 Å². The van der Waals surface area contributed by atoms with Gasteiger partial charge in [-0.1, -0.05) is 71.5 Å². The first-order chi connectivity index (χ1) is 32.1. The summed E-state index contributed by atoms with van der Waals surface area (Å²) < 4.78 is 22.9. The van der Waals surface area contributed by atoms with Crippen LogP contribution in [0.25, 0.3) is 0 Å². The number of methoxy groups -OCH3 is 1. The van der Waals surface area contributed by atoms with Crippen molar-refractivity contribution in [1.82, 2.24) is 36.0 Å². The molecule has 1 aliphatic heterocycles. The number of cyclic esters (lactones) is 2. The van der Waals surface area contributed by atoms with E-state index in [1.54, 1.807) is 58.0 Å². The minimum atomic E-state index is -1.86. The summed E-state index contributed by atoms with van der Waals surface area (Å²) in [5.74, 6) is -11.1. The van der Waals surface area contributed by atoms with Crippen LogP contribution in [0.3, 0.4) is 0 Å². The molecule has 0 spiro atoms. The van der Waals surface area contributed by atoms with E-state index in [0.717, 1.165) is 21.6 Å². The van der Waals surface area contributed by atoms with E-state index in [2.05, 4.69) is 27.8 Å². The molecule has 22 heteroatoms. The zero-order valence-corrected chi connectivity index (χ0v) is 42.0. The topological polar surface area (TPSA) is 286 Å². The number of amides is 7. The second-order valence-electron chi connectivity index (χ2n) is 17.7. The van der Waals surface area contributed by atoms with Gasteiger partial charge in [0.2, 0.25) is 29.5 Å². The number of hydrogen-bond donors (Lipinski definition) is 5. The summed E-state index contributed by atoms with van der Waals surface area (Å²) in [4.78, 5) is 141. The number of likely N-dealkylation sites (N-methyl/N-ethyl adjacent to an activating group) is 3. The minimum Gasteiger partial charge on any atom is -0.458 e. The van der Waals surface area contributed by atoms with Crippen molar-refractivity contribution < 1.29 is 72.0 Å². The molecule has 1 fully saturated rings. The van der Waals surface area contributed by atoms with Crippen molar-refractivity contribution in [2.24, 2.45) is 11.8 Å². The molecule has 0 radical (unpaired) electrons. The molecule has 0 aliphatic carbocycles. The number of nitrogens with one attached hydrogen (secondary N) is 4. The Balaban J connectivity index is 2.90. The van der Waals surface area contributed by atoms with Crippen molar-refractivity contribution in [3.05, 3.63) is 48.2 Å². The summed E-state index contributed by atoms with van der Waals surface area (Å²) in [5, 5.41) is 20.9. The molecular formula is C47H71N7O15. The molecule has 11 atom stereocenters. The quantitative estimate of drug-likeness (QED) is 0.0968. The maximum absolute atomic E-state index is 15.0. The van der Waals surface area contributed by atoms with Crippen LogP contribution in [0.2, 0.25) is 0 Å². The van der Waals surface area contributed by atoms with E-state index in [1.807, 2.05) is 0 Å². The maximum atomic E-state index is 15.0. The number of carbonyl (C=O) groups is 10. The lowest BCUT2D eigenvalue weighted by molar-refractivity contribution is -0.174. The number of hydrogen-bond acceptors (Lipinski definition) is 15. The Morgan fingerprint density at radius 2 is 1.43 bits per heavy atom. The van der Waals surface area contributed by atoms with Crippen molar-refractivity contribution >= 4 is 59.3 Å². The second-order valence-corrected chi connectivity index (χ2v) is 17.7. The van der Waals surface area contributed by atoms with Crippen LogP contribution in [-0.2, 0) is 73.3 Å². The zero-order valence-electron chi connectivity index (χ0n) is 42.0. The monoisotopic (exact) mass is 974 g/mol. The normalized spacial score (nSPS) is 25.0. The summed E-state index contributed by atoms with van der Waals surface area (Å²) >= 11 is 0. The number of esters is 3. The van der Waals surface area contributed by atoms with Gasteiger partial charge >= 0.3 is 17.9 Å². The highest BCUT2D eigenvalue weighted by atomic mass is 16.6. The fourth-order valence-electron chi connectivity index (χ4n) is 7.09. The molecule has 1 heterocycles. The summed E-state index contributed by atoms with van der Waals surface area (Å²) in [6, 6.07) is -1.31. The first-order valence-electron chi connectivity index (χ1n) is 22.6. The van der Waals surface area contributed by atoms with Crippen molar-refractivity contribution in [3.8, 4) is 0 Å². The number of aliphatic hydroxyl groups is 1. The van der Waals surface area contributed by atoms with E-state index in [4.69, 9.17) is 18.9 Å². The first-order valence-corrected chi connectivity index (χ1v) is 22.6. The third-order valence-electron chi connectivity index (χ3n) is 11.7. The van der Waals surface area contributed by atoms with Gasteiger partial charge in [-0.25, -0.2) is 14.4 Å². The van der Waals surface area contributed by atoms with Crippen molar-refractivity contribution in [1.29, 1.82) is 0 Å². The molecule has 1 aliphatic rings.